The lowest BCUT2D eigenvalue weighted by atomic mass is 9.83. The first-order chi connectivity index (χ1) is 17.1. The standard InChI is InChI=1S/C27H30F2N3O3P/c1-31-21-14-19(23-18(26(31)33)5-4-6-22(23)35-27(28)29)24-20-13-16(11-12-32(20)30-25(21)24)15-7-9-17(10-8-15)36(2,3)34/h4-6,11-13,15,17,19,21,27H,7-10,14H2,1-3H3. The van der Waals surface area contributed by atoms with E-state index >= 15 is 0 Å². The van der Waals surface area contributed by atoms with Gasteiger partial charge in [0.05, 0.1) is 24.4 Å². The number of amides is 1. The molecule has 36 heavy (non-hydrogen) atoms. The van der Waals surface area contributed by atoms with Crippen molar-refractivity contribution in [3.05, 3.63) is 64.5 Å². The largest absolute Gasteiger partial charge is 0.434 e. The van der Waals surface area contributed by atoms with Crippen molar-refractivity contribution in [2.24, 2.45) is 0 Å². The highest BCUT2D eigenvalue weighted by Gasteiger charge is 2.46. The molecule has 0 radical (unpaired) electrons. The molecule has 0 saturated heterocycles. The third kappa shape index (κ3) is 3.68. The van der Waals surface area contributed by atoms with Crippen molar-refractivity contribution in [2.75, 3.05) is 20.4 Å². The maximum atomic E-state index is 13.3. The molecule has 6 nitrogen and oxygen atoms in total. The molecule has 190 valence electrons. The van der Waals surface area contributed by atoms with Crippen LogP contribution in [0.25, 0.3) is 5.52 Å². The highest BCUT2D eigenvalue weighted by Crippen LogP contribution is 2.54. The number of halogens is 2. The molecule has 3 aliphatic rings. The first-order valence-electron chi connectivity index (χ1n) is 12.5. The second kappa shape index (κ2) is 8.41. The van der Waals surface area contributed by atoms with Crippen molar-refractivity contribution < 1.29 is 22.9 Å². The summed E-state index contributed by atoms with van der Waals surface area (Å²) in [5, 5.41) is 4.85. The molecular weight excluding hydrogens is 483 g/mol. The van der Waals surface area contributed by atoms with Crippen molar-refractivity contribution in [1.29, 1.82) is 0 Å². The van der Waals surface area contributed by atoms with Gasteiger partial charge in [0.1, 0.15) is 5.75 Å². The normalized spacial score (nSPS) is 25.7. The van der Waals surface area contributed by atoms with Gasteiger partial charge in [-0.1, -0.05) is 6.07 Å². The Bertz CT molecular complexity index is 1410. The Balaban J connectivity index is 1.44. The monoisotopic (exact) mass is 513 g/mol. The van der Waals surface area contributed by atoms with E-state index in [2.05, 4.69) is 12.1 Å². The lowest BCUT2D eigenvalue weighted by molar-refractivity contribution is -0.0505. The van der Waals surface area contributed by atoms with Crippen LogP contribution in [0, 0.1) is 0 Å². The van der Waals surface area contributed by atoms with Gasteiger partial charge >= 0.3 is 6.61 Å². The van der Waals surface area contributed by atoms with Crippen LogP contribution in [0.3, 0.4) is 0 Å². The highest BCUT2D eigenvalue weighted by molar-refractivity contribution is 7.63. The van der Waals surface area contributed by atoms with Gasteiger partial charge in [0, 0.05) is 41.5 Å². The van der Waals surface area contributed by atoms with Crippen LogP contribution in [-0.4, -0.2) is 53.1 Å². The third-order valence-corrected chi connectivity index (χ3v) is 10.8. The number of nitrogens with zero attached hydrogens (tertiary/aromatic N) is 3. The van der Waals surface area contributed by atoms with Crippen LogP contribution in [0.2, 0.25) is 0 Å². The van der Waals surface area contributed by atoms with Crippen LogP contribution in [0.4, 0.5) is 8.78 Å². The second-order valence-electron chi connectivity index (χ2n) is 10.8. The fourth-order valence-corrected chi connectivity index (χ4v) is 8.21. The summed E-state index contributed by atoms with van der Waals surface area (Å²) >= 11 is 0. The average Bonchev–Trinajstić information content (AvgIpc) is 3.36. The number of carbonyl (C=O) groups excluding carboxylic acids is 1. The molecule has 2 aliphatic carbocycles. The van der Waals surface area contributed by atoms with Crippen LogP contribution in [0.1, 0.15) is 82.7 Å². The number of rotatable bonds is 4. The first-order valence-corrected chi connectivity index (χ1v) is 15.2. The number of fused-ring (bicyclic) bond motifs is 9. The SMILES string of the molecule is CN1C(=O)c2cccc(OC(F)F)c2C2CC1c1nn3ccc(C4CCC(P(C)(C)=O)CC4)cc3c12. The van der Waals surface area contributed by atoms with Crippen LogP contribution in [-0.2, 0) is 4.57 Å². The Labute approximate surface area is 209 Å². The van der Waals surface area contributed by atoms with Crippen molar-refractivity contribution >= 4 is 18.6 Å². The highest BCUT2D eigenvalue weighted by atomic mass is 31.2. The van der Waals surface area contributed by atoms with Gasteiger partial charge in [-0.25, -0.2) is 4.52 Å². The van der Waals surface area contributed by atoms with Crippen molar-refractivity contribution in [3.8, 4) is 5.75 Å². The van der Waals surface area contributed by atoms with Gasteiger partial charge in [-0.2, -0.15) is 13.9 Å². The van der Waals surface area contributed by atoms with E-state index < -0.39 is 13.8 Å². The smallest absolute Gasteiger partial charge is 0.387 e. The van der Waals surface area contributed by atoms with E-state index in [9.17, 15) is 18.1 Å². The predicted molar refractivity (Wildman–Crippen MR) is 134 cm³/mol. The van der Waals surface area contributed by atoms with E-state index in [0.717, 1.165) is 42.5 Å². The van der Waals surface area contributed by atoms with Gasteiger partial charge < -0.3 is 14.2 Å². The molecule has 9 heteroatoms. The number of benzene rings is 1. The van der Waals surface area contributed by atoms with Crippen molar-refractivity contribution in [1.82, 2.24) is 14.5 Å². The lowest BCUT2D eigenvalue weighted by Crippen LogP contribution is -2.30. The van der Waals surface area contributed by atoms with Gasteiger partial charge in [-0.3, -0.25) is 4.79 Å². The van der Waals surface area contributed by atoms with Crippen LogP contribution in [0.15, 0.2) is 36.5 Å². The van der Waals surface area contributed by atoms with Gasteiger partial charge in [-0.05, 0) is 81.2 Å². The molecule has 1 fully saturated rings. The fourth-order valence-electron chi connectivity index (χ4n) is 6.66. The zero-order valence-corrected chi connectivity index (χ0v) is 21.6. The molecule has 2 unspecified atom stereocenters. The molecule has 0 spiro atoms. The molecule has 3 aromatic rings. The third-order valence-electron chi connectivity index (χ3n) is 8.55. The summed E-state index contributed by atoms with van der Waals surface area (Å²) < 4.78 is 45.9. The van der Waals surface area contributed by atoms with Gasteiger partial charge in [-0.15, -0.1) is 0 Å². The zero-order valence-electron chi connectivity index (χ0n) is 20.7. The molecule has 6 rings (SSSR count). The Morgan fingerprint density at radius 1 is 1.11 bits per heavy atom. The Hall–Kier alpha value is -2.73. The Morgan fingerprint density at radius 2 is 1.86 bits per heavy atom. The lowest BCUT2D eigenvalue weighted by Gasteiger charge is -2.31. The molecule has 2 atom stereocenters. The minimum Gasteiger partial charge on any atom is -0.434 e. The first kappa shape index (κ1) is 23.7. The molecule has 1 saturated carbocycles. The molecule has 1 aromatic carbocycles. The number of pyridine rings is 1. The fraction of sp³-hybridized carbons (Fsp3) is 0.481. The van der Waals surface area contributed by atoms with Gasteiger partial charge in [0.25, 0.3) is 5.91 Å². The average molecular weight is 514 g/mol. The van der Waals surface area contributed by atoms with Crippen molar-refractivity contribution in [2.45, 2.75) is 62.3 Å². The van der Waals surface area contributed by atoms with Gasteiger partial charge in [0.2, 0.25) is 0 Å². The second-order valence-corrected chi connectivity index (χ2v) is 14.4. The van der Waals surface area contributed by atoms with E-state index in [1.807, 2.05) is 24.0 Å². The number of hydrogen-bond acceptors (Lipinski definition) is 4. The van der Waals surface area contributed by atoms with Crippen LogP contribution in [0.5, 0.6) is 5.75 Å². The summed E-state index contributed by atoms with van der Waals surface area (Å²) in [4.78, 5) is 15.0. The summed E-state index contributed by atoms with van der Waals surface area (Å²) in [7, 11) is -0.332. The quantitative estimate of drug-likeness (QED) is 0.387. The number of aromatic nitrogens is 2. The minimum absolute atomic E-state index is 0.0557. The van der Waals surface area contributed by atoms with Gasteiger partial charge in [0.15, 0.2) is 0 Å². The van der Waals surface area contributed by atoms with E-state index in [-0.39, 0.29) is 23.6 Å². The molecule has 0 N–H and O–H groups in total. The summed E-state index contributed by atoms with van der Waals surface area (Å²) in [5.41, 5.74) is 5.24. The van der Waals surface area contributed by atoms with E-state index in [4.69, 9.17) is 9.84 Å². The Kier molecular flexibility index (Phi) is 5.52. The summed E-state index contributed by atoms with van der Waals surface area (Å²) in [5.74, 6) is -0.0267. The van der Waals surface area contributed by atoms with E-state index in [1.165, 1.54) is 11.6 Å². The van der Waals surface area contributed by atoms with Crippen LogP contribution < -0.4 is 4.74 Å². The predicted octanol–water partition coefficient (Wildman–Crippen LogP) is 6.25. The maximum Gasteiger partial charge on any atom is 0.387 e. The van der Waals surface area contributed by atoms with Crippen LogP contribution >= 0.6 is 7.14 Å². The minimum atomic E-state index is -2.98. The zero-order chi connectivity index (χ0) is 25.4. The number of alkyl halides is 2. The maximum absolute atomic E-state index is 13.3. The number of hydrogen-bond donors (Lipinski definition) is 0. The Morgan fingerprint density at radius 3 is 2.56 bits per heavy atom. The van der Waals surface area contributed by atoms with E-state index in [0.29, 0.717) is 29.1 Å². The molecule has 1 aliphatic heterocycles. The molecule has 1 amide bonds. The number of ether oxygens (including phenoxy) is 1. The molecule has 2 bridgehead atoms. The van der Waals surface area contributed by atoms with Crippen molar-refractivity contribution in [3.63, 3.8) is 0 Å². The number of carbonyl (C=O) groups is 1. The molecule has 2 aromatic heterocycles. The molecular formula is C27H30F2N3O3P. The summed E-state index contributed by atoms with van der Waals surface area (Å²) in [6.45, 7) is 0.814. The van der Waals surface area contributed by atoms with E-state index in [1.54, 1.807) is 24.1 Å². The summed E-state index contributed by atoms with van der Waals surface area (Å²) in [6.07, 6.45) is 6.50. The topological polar surface area (TPSA) is 63.9 Å². The summed E-state index contributed by atoms with van der Waals surface area (Å²) in [6, 6.07) is 8.87. The molecule has 3 heterocycles.